The summed E-state index contributed by atoms with van der Waals surface area (Å²) in [7, 11) is 0. The predicted octanol–water partition coefficient (Wildman–Crippen LogP) is 2.62. The average Bonchev–Trinajstić information content (AvgIpc) is 2.56. The van der Waals surface area contributed by atoms with Crippen LogP contribution in [0.3, 0.4) is 0 Å². The van der Waals surface area contributed by atoms with Gasteiger partial charge in [0.25, 0.3) is 0 Å². The summed E-state index contributed by atoms with van der Waals surface area (Å²) in [6, 6.07) is 11.0. The Labute approximate surface area is 128 Å². The van der Waals surface area contributed by atoms with E-state index in [1.807, 2.05) is 18.2 Å². The third-order valence-corrected chi connectivity index (χ3v) is 5.53. The molecular formula is C18H28N2O. The van der Waals surface area contributed by atoms with Crippen molar-refractivity contribution in [3.63, 3.8) is 0 Å². The first-order valence-electron chi connectivity index (χ1n) is 8.44. The number of aliphatic hydroxyl groups is 1. The highest BCUT2D eigenvalue weighted by atomic mass is 16.3. The minimum Gasteiger partial charge on any atom is -0.394 e. The first kappa shape index (κ1) is 15.0. The van der Waals surface area contributed by atoms with Gasteiger partial charge >= 0.3 is 0 Å². The van der Waals surface area contributed by atoms with Crippen molar-refractivity contribution in [2.45, 2.75) is 50.6 Å². The summed E-state index contributed by atoms with van der Waals surface area (Å²) in [4.78, 5) is 0. The van der Waals surface area contributed by atoms with Gasteiger partial charge in [0.1, 0.15) is 0 Å². The number of nitrogens with one attached hydrogen (secondary N) is 2. The summed E-state index contributed by atoms with van der Waals surface area (Å²) < 4.78 is 0. The molecule has 1 aliphatic heterocycles. The molecule has 0 bridgehead atoms. The van der Waals surface area contributed by atoms with E-state index in [-0.39, 0.29) is 12.6 Å². The van der Waals surface area contributed by atoms with Gasteiger partial charge in [0.05, 0.1) is 12.6 Å². The number of hydrogen-bond donors (Lipinski definition) is 3. The molecule has 1 spiro atoms. The lowest BCUT2D eigenvalue weighted by molar-refractivity contribution is 0.107. The van der Waals surface area contributed by atoms with Crippen LogP contribution in [0.4, 0.5) is 0 Å². The lowest BCUT2D eigenvalue weighted by atomic mass is 9.67. The van der Waals surface area contributed by atoms with Crippen molar-refractivity contribution < 1.29 is 5.11 Å². The fourth-order valence-electron chi connectivity index (χ4n) is 4.08. The third kappa shape index (κ3) is 3.65. The molecule has 2 fully saturated rings. The van der Waals surface area contributed by atoms with Crippen LogP contribution >= 0.6 is 0 Å². The van der Waals surface area contributed by atoms with E-state index >= 15 is 0 Å². The minimum atomic E-state index is 0.0817. The van der Waals surface area contributed by atoms with Gasteiger partial charge in [-0.2, -0.15) is 0 Å². The van der Waals surface area contributed by atoms with Crippen LogP contribution in [-0.4, -0.2) is 30.8 Å². The van der Waals surface area contributed by atoms with Crippen LogP contribution in [0.15, 0.2) is 30.3 Å². The number of piperidine rings is 1. The topological polar surface area (TPSA) is 44.3 Å². The van der Waals surface area contributed by atoms with E-state index < -0.39 is 0 Å². The summed E-state index contributed by atoms with van der Waals surface area (Å²) >= 11 is 0. The number of benzene rings is 1. The number of hydrogen-bond acceptors (Lipinski definition) is 3. The zero-order valence-corrected chi connectivity index (χ0v) is 12.9. The summed E-state index contributed by atoms with van der Waals surface area (Å²) in [5.41, 5.74) is 1.81. The normalized spacial score (nSPS) is 24.0. The van der Waals surface area contributed by atoms with Gasteiger partial charge < -0.3 is 15.7 Å². The Hall–Kier alpha value is -0.900. The second-order valence-corrected chi connectivity index (χ2v) is 6.84. The second kappa shape index (κ2) is 6.91. The van der Waals surface area contributed by atoms with Gasteiger partial charge in [-0.15, -0.1) is 0 Å². The maximum Gasteiger partial charge on any atom is 0.0626 e. The van der Waals surface area contributed by atoms with Crippen molar-refractivity contribution >= 4 is 0 Å². The first-order chi connectivity index (χ1) is 10.3. The molecule has 116 valence electrons. The zero-order valence-electron chi connectivity index (χ0n) is 12.9. The lowest BCUT2D eigenvalue weighted by Gasteiger charge is -2.44. The van der Waals surface area contributed by atoms with Crippen LogP contribution < -0.4 is 10.6 Å². The summed E-state index contributed by atoms with van der Waals surface area (Å²) in [6.45, 7) is 2.57. The first-order valence-corrected chi connectivity index (χ1v) is 8.44. The van der Waals surface area contributed by atoms with Crippen LogP contribution in [0.2, 0.25) is 0 Å². The van der Waals surface area contributed by atoms with Crippen molar-refractivity contribution in [3.8, 4) is 0 Å². The molecule has 3 rings (SSSR count). The van der Waals surface area contributed by atoms with Gasteiger partial charge in [-0.1, -0.05) is 30.3 Å². The Kier molecular flexibility index (Phi) is 4.94. The van der Waals surface area contributed by atoms with E-state index in [0.717, 1.165) is 0 Å². The molecule has 1 saturated carbocycles. The molecule has 1 atom stereocenters. The maximum absolute atomic E-state index is 9.68. The van der Waals surface area contributed by atoms with Gasteiger partial charge in [0, 0.05) is 6.04 Å². The van der Waals surface area contributed by atoms with E-state index in [2.05, 4.69) is 22.8 Å². The Bertz CT molecular complexity index is 418. The lowest BCUT2D eigenvalue weighted by Crippen LogP contribution is -2.44. The highest BCUT2D eigenvalue weighted by Crippen LogP contribution is 2.43. The third-order valence-electron chi connectivity index (χ3n) is 5.53. The Morgan fingerprint density at radius 2 is 1.76 bits per heavy atom. The fourth-order valence-corrected chi connectivity index (χ4v) is 4.08. The molecule has 2 aliphatic rings. The average molecular weight is 288 g/mol. The van der Waals surface area contributed by atoms with E-state index in [1.165, 1.54) is 57.2 Å². The highest BCUT2D eigenvalue weighted by Gasteiger charge is 2.36. The summed E-state index contributed by atoms with van der Waals surface area (Å²) in [6.07, 6.45) is 7.90. The van der Waals surface area contributed by atoms with Crippen molar-refractivity contribution in [1.29, 1.82) is 0 Å². The summed E-state index contributed by atoms with van der Waals surface area (Å²) in [5.74, 6) is 0. The van der Waals surface area contributed by atoms with Crippen LogP contribution in [0.5, 0.6) is 0 Å². The molecule has 1 aromatic rings. The quantitative estimate of drug-likeness (QED) is 0.798. The molecule has 3 nitrogen and oxygen atoms in total. The molecule has 1 aromatic carbocycles. The largest absolute Gasteiger partial charge is 0.394 e. The zero-order chi connectivity index (χ0) is 14.5. The molecule has 1 heterocycles. The van der Waals surface area contributed by atoms with E-state index in [4.69, 9.17) is 0 Å². The molecule has 0 radical (unpaired) electrons. The molecule has 1 aliphatic carbocycles. The number of rotatable bonds is 4. The molecule has 3 N–H and O–H groups in total. The van der Waals surface area contributed by atoms with E-state index in [0.29, 0.717) is 11.5 Å². The van der Waals surface area contributed by atoms with Crippen molar-refractivity contribution in [2.24, 2.45) is 5.41 Å². The second-order valence-electron chi connectivity index (χ2n) is 6.84. The van der Waals surface area contributed by atoms with Crippen LogP contribution in [0.1, 0.15) is 50.1 Å². The molecule has 3 heteroatoms. The highest BCUT2D eigenvalue weighted by molar-refractivity contribution is 5.19. The van der Waals surface area contributed by atoms with Crippen molar-refractivity contribution in [3.05, 3.63) is 35.9 Å². The number of aliphatic hydroxyl groups excluding tert-OH is 1. The predicted molar refractivity (Wildman–Crippen MR) is 86.2 cm³/mol. The Balaban J connectivity index is 1.54. The molecule has 0 amide bonds. The molecule has 1 unspecified atom stereocenters. The standard InChI is InChI=1S/C18H28N2O/c21-14-17(15-4-2-1-3-5-15)20-16-6-8-18(9-7-16)10-12-19-13-11-18/h1-5,16-17,19-21H,6-14H2. The summed E-state index contributed by atoms with van der Waals surface area (Å²) in [5, 5.41) is 16.8. The van der Waals surface area contributed by atoms with Crippen LogP contribution in [-0.2, 0) is 0 Å². The monoisotopic (exact) mass is 288 g/mol. The van der Waals surface area contributed by atoms with Gasteiger partial charge in [-0.3, -0.25) is 0 Å². The fraction of sp³-hybridized carbons (Fsp3) is 0.667. The molecule has 0 aromatic heterocycles. The van der Waals surface area contributed by atoms with Crippen molar-refractivity contribution in [2.75, 3.05) is 19.7 Å². The van der Waals surface area contributed by atoms with Crippen LogP contribution in [0.25, 0.3) is 0 Å². The van der Waals surface area contributed by atoms with Gasteiger partial charge in [0.2, 0.25) is 0 Å². The minimum absolute atomic E-state index is 0.0817. The smallest absolute Gasteiger partial charge is 0.0626 e. The molecule has 21 heavy (non-hydrogen) atoms. The molecular weight excluding hydrogens is 260 g/mol. The Morgan fingerprint density at radius 3 is 2.38 bits per heavy atom. The molecule has 1 saturated heterocycles. The SMILES string of the molecule is OCC(NC1CCC2(CCNCC2)CC1)c1ccccc1. The van der Waals surface area contributed by atoms with Gasteiger partial charge in [-0.05, 0) is 62.6 Å². The Morgan fingerprint density at radius 1 is 1.10 bits per heavy atom. The van der Waals surface area contributed by atoms with Gasteiger partial charge in [-0.25, -0.2) is 0 Å². The van der Waals surface area contributed by atoms with Crippen molar-refractivity contribution in [1.82, 2.24) is 10.6 Å². The maximum atomic E-state index is 9.68. The van der Waals surface area contributed by atoms with Crippen LogP contribution in [0, 0.1) is 5.41 Å². The van der Waals surface area contributed by atoms with Gasteiger partial charge in [0.15, 0.2) is 0 Å². The van der Waals surface area contributed by atoms with E-state index in [9.17, 15) is 5.11 Å². The van der Waals surface area contributed by atoms with E-state index in [1.54, 1.807) is 0 Å².